The predicted octanol–water partition coefficient (Wildman–Crippen LogP) is 3.81. The van der Waals surface area contributed by atoms with Gasteiger partial charge in [-0.25, -0.2) is 18.0 Å². The second-order valence-corrected chi connectivity index (χ2v) is 8.81. The summed E-state index contributed by atoms with van der Waals surface area (Å²) in [5.41, 5.74) is 0.913. The molecule has 1 saturated heterocycles. The first-order valence-electron chi connectivity index (χ1n) is 9.94. The number of likely N-dealkylation sites (tertiary alicyclic amines) is 1. The number of amides is 3. The number of rotatable bonds is 2. The molecule has 3 aliphatic rings. The lowest BCUT2D eigenvalue weighted by Gasteiger charge is -2.28. The molecule has 1 aliphatic carbocycles. The number of fused-ring (bicyclic) bond motifs is 1. The standard InChI is InChI=1S/C20H19ClF3N5O2/c21-13-7-11(1-2-14(13)22)25-18(31)28-6-3-15-12(8-28)16(27-26-15)17(30)29-10-20(23,24)9-19(29)4-5-19/h1-2,7H,3-6,8-10H2,(H,25,31)(H,26,27). The first-order chi connectivity index (χ1) is 14.7. The summed E-state index contributed by atoms with van der Waals surface area (Å²) in [5.74, 6) is -3.99. The van der Waals surface area contributed by atoms with Gasteiger partial charge in [-0.2, -0.15) is 5.10 Å². The quantitative estimate of drug-likeness (QED) is 0.725. The third kappa shape index (κ3) is 3.52. The van der Waals surface area contributed by atoms with E-state index in [-0.39, 0.29) is 23.7 Å². The minimum atomic E-state index is -2.89. The van der Waals surface area contributed by atoms with Crippen LogP contribution in [0.25, 0.3) is 0 Å². The summed E-state index contributed by atoms with van der Waals surface area (Å²) in [4.78, 5) is 28.5. The Labute approximate surface area is 180 Å². The van der Waals surface area contributed by atoms with E-state index in [0.717, 1.165) is 6.07 Å². The topological polar surface area (TPSA) is 81.3 Å². The number of alkyl halides is 2. The Kier molecular flexibility index (Phi) is 4.47. The number of urea groups is 1. The Morgan fingerprint density at radius 3 is 2.74 bits per heavy atom. The van der Waals surface area contributed by atoms with Gasteiger partial charge in [-0.05, 0) is 31.0 Å². The molecular weight excluding hydrogens is 435 g/mol. The van der Waals surface area contributed by atoms with Gasteiger partial charge < -0.3 is 15.1 Å². The van der Waals surface area contributed by atoms with Gasteiger partial charge >= 0.3 is 6.03 Å². The maximum Gasteiger partial charge on any atom is 0.322 e. The van der Waals surface area contributed by atoms with Gasteiger partial charge in [0.15, 0.2) is 0 Å². The second-order valence-electron chi connectivity index (χ2n) is 8.40. The molecule has 11 heteroatoms. The zero-order valence-corrected chi connectivity index (χ0v) is 17.1. The van der Waals surface area contributed by atoms with Crippen molar-refractivity contribution in [2.75, 3.05) is 18.4 Å². The van der Waals surface area contributed by atoms with Crippen LogP contribution in [-0.2, 0) is 13.0 Å². The number of hydrogen-bond donors (Lipinski definition) is 2. The zero-order chi connectivity index (χ0) is 22.0. The van der Waals surface area contributed by atoms with Crippen LogP contribution in [-0.4, -0.2) is 56.5 Å². The molecule has 2 N–H and O–H groups in total. The highest BCUT2D eigenvalue weighted by atomic mass is 35.5. The van der Waals surface area contributed by atoms with Crippen LogP contribution in [0.2, 0.25) is 5.02 Å². The van der Waals surface area contributed by atoms with Gasteiger partial charge in [0, 0.05) is 36.2 Å². The largest absolute Gasteiger partial charge is 0.325 e. The van der Waals surface area contributed by atoms with Crippen LogP contribution in [0.1, 0.15) is 41.0 Å². The number of anilines is 1. The molecule has 2 aliphatic heterocycles. The van der Waals surface area contributed by atoms with Crippen molar-refractivity contribution in [2.24, 2.45) is 0 Å². The molecule has 2 aromatic rings. The third-order valence-corrected chi connectivity index (χ3v) is 6.50. The van der Waals surface area contributed by atoms with E-state index >= 15 is 0 Å². The number of carbonyl (C=O) groups is 2. The van der Waals surface area contributed by atoms with Crippen LogP contribution in [0.3, 0.4) is 0 Å². The summed E-state index contributed by atoms with van der Waals surface area (Å²) in [6.07, 6.45) is 1.24. The Balaban J connectivity index is 1.33. The minimum Gasteiger partial charge on any atom is -0.325 e. The molecule has 1 spiro atoms. The second kappa shape index (κ2) is 6.88. The van der Waals surface area contributed by atoms with Crippen molar-refractivity contribution in [3.63, 3.8) is 0 Å². The van der Waals surface area contributed by atoms with Crippen LogP contribution in [0.15, 0.2) is 18.2 Å². The van der Waals surface area contributed by atoms with E-state index in [0.29, 0.717) is 42.8 Å². The number of nitrogens with one attached hydrogen (secondary N) is 2. The minimum absolute atomic E-state index is 0.102. The SMILES string of the molecule is O=C(Nc1ccc(F)c(Cl)c1)N1CCc2n[nH]c(C(=O)N3CC(F)(F)CC34CC4)c2C1. The molecular formula is C20H19ClF3N5O2. The zero-order valence-electron chi connectivity index (χ0n) is 16.4. The Bertz CT molecular complexity index is 1080. The van der Waals surface area contributed by atoms with Gasteiger partial charge in [-0.3, -0.25) is 9.89 Å². The number of aromatic amines is 1. The van der Waals surface area contributed by atoms with E-state index in [1.807, 2.05) is 0 Å². The molecule has 31 heavy (non-hydrogen) atoms. The first-order valence-corrected chi connectivity index (χ1v) is 10.3. The van der Waals surface area contributed by atoms with Crippen molar-refractivity contribution in [3.8, 4) is 0 Å². The number of H-pyrrole nitrogens is 1. The predicted molar refractivity (Wildman–Crippen MR) is 106 cm³/mol. The van der Waals surface area contributed by atoms with Crippen molar-refractivity contribution in [3.05, 3.63) is 46.0 Å². The molecule has 1 saturated carbocycles. The first kappa shape index (κ1) is 20.2. The van der Waals surface area contributed by atoms with Gasteiger partial charge in [-0.15, -0.1) is 0 Å². The molecule has 1 aromatic heterocycles. The smallest absolute Gasteiger partial charge is 0.322 e. The van der Waals surface area contributed by atoms with E-state index in [4.69, 9.17) is 11.6 Å². The van der Waals surface area contributed by atoms with Gasteiger partial charge in [0.25, 0.3) is 11.8 Å². The van der Waals surface area contributed by atoms with Crippen LogP contribution in [0.5, 0.6) is 0 Å². The van der Waals surface area contributed by atoms with E-state index in [2.05, 4.69) is 15.5 Å². The van der Waals surface area contributed by atoms with Crippen molar-refractivity contribution in [1.82, 2.24) is 20.0 Å². The number of hydrogen-bond acceptors (Lipinski definition) is 3. The lowest BCUT2D eigenvalue weighted by molar-refractivity contribution is 0.0116. The summed E-state index contributed by atoms with van der Waals surface area (Å²) >= 11 is 5.75. The number of aromatic nitrogens is 2. The monoisotopic (exact) mass is 453 g/mol. The van der Waals surface area contributed by atoms with Crippen LogP contribution in [0, 0.1) is 5.82 Å². The molecule has 0 radical (unpaired) electrons. The molecule has 5 rings (SSSR count). The van der Waals surface area contributed by atoms with Crippen molar-refractivity contribution < 1.29 is 22.8 Å². The summed E-state index contributed by atoms with van der Waals surface area (Å²) in [6, 6.07) is 3.40. The molecule has 0 unspecified atom stereocenters. The molecule has 3 amide bonds. The third-order valence-electron chi connectivity index (χ3n) is 6.21. The lowest BCUT2D eigenvalue weighted by atomic mass is 10.0. The van der Waals surface area contributed by atoms with Crippen LogP contribution < -0.4 is 5.32 Å². The summed E-state index contributed by atoms with van der Waals surface area (Å²) < 4.78 is 41.3. The van der Waals surface area contributed by atoms with Crippen LogP contribution >= 0.6 is 11.6 Å². The highest BCUT2D eigenvalue weighted by Crippen LogP contribution is 2.54. The van der Waals surface area contributed by atoms with Crippen molar-refractivity contribution in [2.45, 2.75) is 43.7 Å². The van der Waals surface area contributed by atoms with Crippen molar-refractivity contribution in [1.29, 1.82) is 0 Å². The number of benzene rings is 1. The lowest BCUT2D eigenvalue weighted by Crippen LogP contribution is -2.41. The Morgan fingerprint density at radius 1 is 1.26 bits per heavy atom. The average molecular weight is 454 g/mol. The van der Waals surface area contributed by atoms with Crippen molar-refractivity contribution >= 4 is 29.2 Å². The van der Waals surface area contributed by atoms with Gasteiger partial charge in [0.05, 0.1) is 23.8 Å². The normalized spacial score (nSPS) is 20.6. The molecule has 3 heterocycles. The Hall–Kier alpha value is -2.75. The fourth-order valence-electron chi connectivity index (χ4n) is 4.46. The fraction of sp³-hybridized carbons (Fsp3) is 0.450. The summed E-state index contributed by atoms with van der Waals surface area (Å²) in [7, 11) is 0. The van der Waals surface area contributed by atoms with Gasteiger partial charge in [0.2, 0.25) is 0 Å². The molecule has 1 aromatic carbocycles. The summed E-state index contributed by atoms with van der Waals surface area (Å²) in [6.45, 7) is -0.141. The number of halogens is 4. The molecule has 164 valence electrons. The maximum absolute atomic E-state index is 14.0. The number of carbonyl (C=O) groups excluding carboxylic acids is 2. The molecule has 0 bridgehead atoms. The van der Waals surface area contributed by atoms with Gasteiger partial charge in [0.1, 0.15) is 11.5 Å². The highest BCUT2D eigenvalue weighted by Gasteiger charge is 2.63. The van der Waals surface area contributed by atoms with E-state index in [1.165, 1.54) is 21.9 Å². The summed E-state index contributed by atoms with van der Waals surface area (Å²) in [5, 5.41) is 9.42. The highest BCUT2D eigenvalue weighted by molar-refractivity contribution is 6.31. The van der Waals surface area contributed by atoms with Crippen LogP contribution in [0.4, 0.5) is 23.7 Å². The molecule has 7 nitrogen and oxygen atoms in total. The van der Waals surface area contributed by atoms with E-state index < -0.39 is 35.8 Å². The average Bonchev–Trinajstić information content (AvgIpc) is 3.25. The Morgan fingerprint density at radius 2 is 2.03 bits per heavy atom. The molecule has 0 atom stereocenters. The van der Waals surface area contributed by atoms with E-state index in [9.17, 15) is 22.8 Å². The fourth-order valence-corrected chi connectivity index (χ4v) is 4.64. The van der Waals surface area contributed by atoms with Gasteiger partial charge in [-0.1, -0.05) is 11.6 Å². The number of nitrogens with zero attached hydrogens (tertiary/aromatic N) is 3. The van der Waals surface area contributed by atoms with E-state index in [1.54, 1.807) is 0 Å². The maximum atomic E-state index is 14.0. The molecule has 2 fully saturated rings.